The number of nitrogens with zero attached hydrogens (tertiary/aromatic N) is 3. The average molecular weight is 420 g/mol. The van der Waals surface area contributed by atoms with E-state index in [1.165, 1.54) is 34.0 Å². The third-order valence-electron chi connectivity index (χ3n) is 6.19. The maximum Gasteiger partial charge on any atom is 0.162 e. The van der Waals surface area contributed by atoms with Gasteiger partial charge in [0.15, 0.2) is 5.65 Å². The van der Waals surface area contributed by atoms with Gasteiger partial charge in [-0.1, -0.05) is 48.5 Å². The van der Waals surface area contributed by atoms with Crippen LogP contribution in [0.15, 0.2) is 97.3 Å². The third-order valence-corrected chi connectivity index (χ3v) is 6.19. The number of fused-ring (bicyclic) bond motifs is 5. The van der Waals surface area contributed by atoms with Crippen molar-refractivity contribution >= 4 is 27.5 Å². The molecule has 0 aliphatic carbocycles. The van der Waals surface area contributed by atoms with Crippen LogP contribution in [-0.4, -0.2) is 14.0 Å². The van der Waals surface area contributed by atoms with Gasteiger partial charge in [0.25, 0.3) is 0 Å². The Morgan fingerprint density at radius 3 is 2.41 bits per heavy atom. The number of pyridine rings is 1. The molecule has 0 saturated heterocycles. The van der Waals surface area contributed by atoms with Crippen molar-refractivity contribution in [1.29, 1.82) is 0 Å². The maximum absolute atomic E-state index is 13.4. The summed E-state index contributed by atoms with van der Waals surface area (Å²) in [6.45, 7) is 0.914. The Balaban J connectivity index is 1.49. The highest BCUT2D eigenvalue weighted by Crippen LogP contribution is 2.33. The van der Waals surface area contributed by atoms with Crippen LogP contribution in [0.25, 0.3) is 38.7 Å². The van der Waals surface area contributed by atoms with Gasteiger partial charge < -0.3 is 8.97 Å². The number of hydrogen-bond donors (Lipinski definition) is 0. The summed E-state index contributed by atoms with van der Waals surface area (Å²) in [7, 11) is 0. The maximum atomic E-state index is 13.4. The zero-order chi connectivity index (χ0) is 21.5. The molecule has 0 aliphatic heterocycles. The van der Waals surface area contributed by atoms with Gasteiger partial charge in [0.05, 0.1) is 11.2 Å². The number of benzene rings is 3. The fourth-order valence-electron chi connectivity index (χ4n) is 4.66. The molecule has 0 atom stereocenters. The Morgan fingerprint density at radius 2 is 1.56 bits per heavy atom. The molecule has 0 saturated carbocycles. The Bertz CT molecular complexity index is 1540. The second-order valence-corrected chi connectivity index (χ2v) is 8.20. The minimum Gasteiger partial charge on any atom is -0.337 e. The number of imidazole rings is 1. The second kappa shape index (κ2) is 7.65. The van der Waals surface area contributed by atoms with Crippen LogP contribution in [-0.2, 0) is 13.0 Å². The van der Waals surface area contributed by atoms with Gasteiger partial charge in [0, 0.05) is 40.8 Å². The second-order valence-electron chi connectivity index (χ2n) is 8.20. The van der Waals surface area contributed by atoms with E-state index < -0.39 is 0 Å². The fraction of sp³-hybridized carbons (Fsp3) is 0.107. The lowest BCUT2D eigenvalue weighted by Gasteiger charge is -2.08. The lowest BCUT2D eigenvalue weighted by Crippen LogP contribution is -2.01. The molecule has 0 unspecified atom stereocenters. The summed E-state index contributed by atoms with van der Waals surface area (Å²) < 4.78 is 17.9. The number of aromatic nitrogens is 3. The number of halogens is 1. The van der Waals surface area contributed by atoms with Crippen molar-refractivity contribution in [3.05, 3.63) is 109 Å². The van der Waals surface area contributed by atoms with Gasteiger partial charge in [0.1, 0.15) is 5.82 Å². The van der Waals surface area contributed by atoms with Crippen molar-refractivity contribution in [2.75, 3.05) is 0 Å². The molecule has 0 spiro atoms. The smallest absolute Gasteiger partial charge is 0.162 e. The molecule has 6 rings (SSSR count). The van der Waals surface area contributed by atoms with E-state index in [0.717, 1.165) is 41.8 Å². The SMILES string of the molecule is Fc1ccc(-c2cn3ccc4c5ccccc5n(CCCc5ccccc5)c4c3n2)cc1. The minimum absolute atomic E-state index is 0.238. The van der Waals surface area contributed by atoms with Crippen molar-refractivity contribution in [2.24, 2.45) is 0 Å². The van der Waals surface area contributed by atoms with Crippen molar-refractivity contribution in [1.82, 2.24) is 14.0 Å². The third kappa shape index (κ3) is 3.16. The van der Waals surface area contributed by atoms with Crippen molar-refractivity contribution in [3.63, 3.8) is 0 Å². The lowest BCUT2D eigenvalue weighted by molar-refractivity contribution is 0.628. The highest BCUT2D eigenvalue weighted by molar-refractivity contribution is 6.12. The molecule has 0 aliphatic rings. The van der Waals surface area contributed by atoms with E-state index in [-0.39, 0.29) is 5.82 Å². The molecule has 3 heterocycles. The molecule has 0 radical (unpaired) electrons. The Labute approximate surface area is 185 Å². The molecular weight excluding hydrogens is 397 g/mol. The van der Waals surface area contributed by atoms with Crippen molar-refractivity contribution < 1.29 is 4.39 Å². The van der Waals surface area contributed by atoms with Crippen molar-refractivity contribution in [2.45, 2.75) is 19.4 Å². The van der Waals surface area contributed by atoms with Gasteiger partial charge in [-0.25, -0.2) is 9.37 Å². The van der Waals surface area contributed by atoms with Gasteiger partial charge in [-0.3, -0.25) is 0 Å². The first-order valence-corrected chi connectivity index (χ1v) is 11.0. The summed E-state index contributed by atoms with van der Waals surface area (Å²) in [5.41, 5.74) is 6.43. The zero-order valence-electron chi connectivity index (χ0n) is 17.6. The normalized spacial score (nSPS) is 11.7. The highest BCUT2D eigenvalue weighted by Gasteiger charge is 2.16. The standard InChI is InChI=1S/C28H22FN3/c29-22-14-12-21(13-15-22)25-19-31-18-16-24-23-10-4-5-11-26(23)32(27(24)28(31)30-25)17-6-9-20-7-2-1-3-8-20/h1-5,7-8,10-16,18-19H,6,9,17H2. The van der Waals surface area contributed by atoms with Crippen LogP contribution in [0.2, 0.25) is 0 Å². The van der Waals surface area contributed by atoms with Gasteiger partial charge >= 0.3 is 0 Å². The predicted octanol–water partition coefficient (Wildman–Crippen LogP) is 6.88. The first-order valence-electron chi connectivity index (χ1n) is 11.0. The Kier molecular flexibility index (Phi) is 4.50. The monoisotopic (exact) mass is 419 g/mol. The van der Waals surface area contributed by atoms with Crippen LogP contribution in [0.3, 0.4) is 0 Å². The van der Waals surface area contributed by atoms with E-state index in [4.69, 9.17) is 4.98 Å². The number of para-hydroxylation sites is 1. The molecule has 4 heteroatoms. The lowest BCUT2D eigenvalue weighted by atomic mass is 10.1. The van der Waals surface area contributed by atoms with E-state index in [1.54, 1.807) is 12.1 Å². The number of rotatable bonds is 5. The molecule has 3 nitrogen and oxygen atoms in total. The first kappa shape index (κ1) is 18.8. The first-order chi connectivity index (χ1) is 15.8. The summed E-state index contributed by atoms with van der Waals surface area (Å²) in [6.07, 6.45) is 6.17. The summed E-state index contributed by atoms with van der Waals surface area (Å²) in [5.74, 6) is -0.238. The largest absolute Gasteiger partial charge is 0.337 e. The van der Waals surface area contributed by atoms with Crippen LogP contribution in [0.4, 0.5) is 4.39 Å². The molecule has 0 bridgehead atoms. The van der Waals surface area contributed by atoms with Crippen LogP contribution in [0.5, 0.6) is 0 Å². The molecule has 0 N–H and O–H groups in total. The van der Waals surface area contributed by atoms with Crippen LogP contribution in [0, 0.1) is 5.82 Å². The van der Waals surface area contributed by atoms with Crippen LogP contribution >= 0.6 is 0 Å². The minimum atomic E-state index is -0.238. The Hall–Kier alpha value is -3.92. The van der Waals surface area contributed by atoms with E-state index in [1.807, 2.05) is 6.20 Å². The predicted molar refractivity (Wildman–Crippen MR) is 128 cm³/mol. The van der Waals surface area contributed by atoms with Gasteiger partial charge in [-0.15, -0.1) is 0 Å². The topological polar surface area (TPSA) is 22.2 Å². The van der Waals surface area contributed by atoms with Crippen LogP contribution < -0.4 is 0 Å². The molecule has 32 heavy (non-hydrogen) atoms. The molecule has 0 amide bonds. The average Bonchev–Trinajstić information content (AvgIpc) is 3.40. The summed E-state index contributed by atoms with van der Waals surface area (Å²) in [5, 5.41) is 2.46. The molecule has 0 fully saturated rings. The van der Waals surface area contributed by atoms with E-state index in [0.29, 0.717) is 0 Å². The van der Waals surface area contributed by atoms with E-state index in [2.05, 4.69) is 75.8 Å². The highest BCUT2D eigenvalue weighted by atomic mass is 19.1. The van der Waals surface area contributed by atoms with E-state index >= 15 is 0 Å². The molecule has 6 aromatic rings. The van der Waals surface area contributed by atoms with Crippen molar-refractivity contribution in [3.8, 4) is 11.3 Å². The summed E-state index contributed by atoms with van der Waals surface area (Å²) in [6, 6.07) is 27.9. The molecule has 3 aromatic carbocycles. The van der Waals surface area contributed by atoms with Gasteiger partial charge in [-0.2, -0.15) is 0 Å². The summed E-state index contributed by atoms with van der Waals surface area (Å²) >= 11 is 0. The number of hydrogen-bond acceptors (Lipinski definition) is 1. The summed E-state index contributed by atoms with van der Waals surface area (Å²) in [4.78, 5) is 4.98. The van der Waals surface area contributed by atoms with E-state index in [9.17, 15) is 4.39 Å². The van der Waals surface area contributed by atoms with Gasteiger partial charge in [0.2, 0.25) is 0 Å². The molecule has 156 valence electrons. The molecular formula is C28H22FN3. The van der Waals surface area contributed by atoms with Crippen LogP contribution in [0.1, 0.15) is 12.0 Å². The molecule has 3 aromatic heterocycles. The number of aryl methyl sites for hydroxylation is 2. The zero-order valence-corrected chi connectivity index (χ0v) is 17.6. The quantitative estimate of drug-likeness (QED) is 0.298. The Morgan fingerprint density at radius 1 is 0.781 bits per heavy atom. The fourth-order valence-corrected chi connectivity index (χ4v) is 4.66. The van der Waals surface area contributed by atoms with Gasteiger partial charge in [-0.05, 0) is 54.8 Å².